The van der Waals surface area contributed by atoms with Gasteiger partial charge in [-0.2, -0.15) is 0 Å². The van der Waals surface area contributed by atoms with E-state index in [9.17, 15) is 0 Å². The lowest BCUT2D eigenvalue weighted by Gasteiger charge is -2.21. The SMILES string of the molecule is CC(C)=CCCC1(C)C=C(C)OC1=Nc1c(C)cccc1C. The lowest BCUT2D eigenvalue weighted by atomic mass is 9.85. The van der Waals surface area contributed by atoms with Crippen LogP contribution < -0.4 is 0 Å². The largest absolute Gasteiger partial charge is 0.447 e. The Morgan fingerprint density at radius 2 is 1.82 bits per heavy atom. The highest BCUT2D eigenvalue weighted by molar-refractivity contribution is 5.90. The lowest BCUT2D eigenvalue weighted by Crippen LogP contribution is -2.22. The number of hydrogen-bond acceptors (Lipinski definition) is 2. The summed E-state index contributed by atoms with van der Waals surface area (Å²) in [6, 6.07) is 6.27. The van der Waals surface area contributed by atoms with Crippen LogP contribution in [-0.2, 0) is 4.74 Å². The summed E-state index contributed by atoms with van der Waals surface area (Å²) in [5.41, 5.74) is 4.65. The molecule has 1 aliphatic heterocycles. The summed E-state index contributed by atoms with van der Waals surface area (Å²) in [5, 5.41) is 0. The summed E-state index contributed by atoms with van der Waals surface area (Å²) < 4.78 is 5.94. The van der Waals surface area contributed by atoms with E-state index in [-0.39, 0.29) is 5.41 Å². The highest BCUT2D eigenvalue weighted by Gasteiger charge is 2.35. The van der Waals surface area contributed by atoms with Crippen LogP contribution in [0.2, 0.25) is 0 Å². The molecular formula is C20H27NO. The number of hydrogen-bond donors (Lipinski definition) is 0. The Bertz CT molecular complexity index is 627. The number of para-hydroxylation sites is 1. The van der Waals surface area contributed by atoms with Gasteiger partial charge in [0.2, 0.25) is 5.90 Å². The minimum atomic E-state index is -0.120. The van der Waals surface area contributed by atoms with Crippen LogP contribution in [0.4, 0.5) is 5.69 Å². The molecule has 0 saturated heterocycles. The van der Waals surface area contributed by atoms with E-state index < -0.39 is 0 Å². The van der Waals surface area contributed by atoms with Gasteiger partial charge in [0.1, 0.15) is 0 Å². The summed E-state index contributed by atoms with van der Waals surface area (Å²) in [4.78, 5) is 4.88. The van der Waals surface area contributed by atoms with Crippen molar-refractivity contribution in [2.45, 2.75) is 54.4 Å². The van der Waals surface area contributed by atoms with Gasteiger partial charge in [-0.05, 0) is 71.6 Å². The molecule has 1 unspecified atom stereocenters. The van der Waals surface area contributed by atoms with Crippen LogP contribution in [0.25, 0.3) is 0 Å². The third-order valence-electron chi connectivity index (χ3n) is 4.14. The van der Waals surface area contributed by atoms with E-state index in [1.54, 1.807) is 0 Å². The van der Waals surface area contributed by atoms with Crippen LogP contribution in [0.3, 0.4) is 0 Å². The first-order valence-electron chi connectivity index (χ1n) is 7.98. The summed E-state index contributed by atoms with van der Waals surface area (Å²) >= 11 is 0. The maximum Gasteiger partial charge on any atom is 0.204 e. The van der Waals surface area contributed by atoms with Crippen LogP contribution >= 0.6 is 0 Å². The van der Waals surface area contributed by atoms with Gasteiger partial charge in [0.15, 0.2) is 0 Å². The normalized spacial score (nSPS) is 22.5. The molecule has 0 bridgehead atoms. The van der Waals surface area contributed by atoms with Crippen LogP contribution in [-0.4, -0.2) is 5.90 Å². The Morgan fingerprint density at radius 3 is 2.41 bits per heavy atom. The molecule has 2 nitrogen and oxygen atoms in total. The molecule has 118 valence electrons. The third-order valence-corrected chi connectivity index (χ3v) is 4.14. The molecule has 1 atom stereocenters. The van der Waals surface area contributed by atoms with Gasteiger partial charge in [-0.25, -0.2) is 4.99 Å². The summed E-state index contributed by atoms with van der Waals surface area (Å²) in [7, 11) is 0. The highest BCUT2D eigenvalue weighted by Crippen LogP contribution is 2.38. The molecule has 1 heterocycles. The van der Waals surface area contributed by atoms with Crippen LogP contribution in [0.1, 0.15) is 51.7 Å². The molecule has 0 aliphatic carbocycles. The van der Waals surface area contributed by atoms with Gasteiger partial charge >= 0.3 is 0 Å². The average Bonchev–Trinajstić information content (AvgIpc) is 2.68. The molecule has 0 amide bonds. The van der Waals surface area contributed by atoms with Crippen molar-refractivity contribution in [3.63, 3.8) is 0 Å². The van der Waals surface area contributed by atoms with Gasteiger partial charge < -0.3 is 4.74 Å². The molecular weight excluding hydrogens is 270 g/mol. The van der Waals surface area contributed by atoms with Crippen molar-refractivity contribution >= 4 is 11.6 Å². The fraction of sp³-hybridized carbons (Fsp3) is 0.450. The van der Waals surface area contributed by atoms with Crippen molar-refractivity contribution in [2.24, 2.45) is 10.4 Å². The zero-order valence-electron chi connectivity index (χ0n) is 14.7. The molecule has 0 spiro atoms. The van der Waals surface area contributed by atoms with E-state index in [0.717, 1.165) is 30.2 Å². The Labute approximate surface area is 134 Å². The predicted molar refractivity (Wildman–Crippen MR) is 94.6 cm³/mol. The van der Waals surface area contributed by atoms with Crippen molar-refractivity contribution in [1.29, 1.82) is 0 Å². The zero-order valence-corrected chi connectivity index (χ0v) is 14.7. The van der Waals surface area contributed by atoms with Crippen LogP contribution in [0.5, 0.6) is 0 Å². The summed E-state index contributed by atoms with van der Waals surface area (Å²) in [5.74, 6) is 1.77. The number of nitrogens with zero attached hydrogens (tertiary/aromatic N) is 1. The minimum absolute atomic E-state index is 0.120. The van der Waals surface area contributed by atoms with Gasteiger partial charge in [0.05, 0.1) is 16.9 Å². The summed E-state index contributed by atoms with van der Waals surface area (Å²) in [6.45, 7) is 12.7. The first-order chi connectivity index (χ1) is 10.3. The maximum atomic E-state index is 5.94. The first kappa shape index (κ1) is 16.5. The average molecular weight is 297 g/mol. The molecule has 0 fully saturated rings. The number of aliphatic imine (C=N–C) groups is 1. The number of allylic oxidation sites excluding steroid dienone is 3. The second kappa shape index (κ2) is 6.51. The predicted octanol–water partition coefficient (Wildman–Crippen LogP) is 6.02. The zero-order chi connectivity index (χ0) is 16.3. The number of benzene rings is 1. The Morgan fingerprint density at radius 1 is 1.18 bits per heavy atom. The Hall–Kier alpha value is -1.83. The van der Waals surface area contributed by atoms with Gasteiger partial charge in [-0.1, -0.05) is 29.8 Å². The van der Waals surface area contributed by atoms with Gasteiger partial charge in [-0.15, -0.1) is 0 Å². The third kappa shape index (κ3) is 3.68. The molecule has 1 aromatic rings. The second-order valence-electron chi connectivity index (χ2n) is 6.75. The van der Waals surface area contributed by atoms with Crippen molar-refractivity contribution in [3.8, 4) is 0 Å². The molecule has 2 heteroatoms. The lowest BCUT2D eigenvalue weighted by molar-refractivity contribution is 0.395. The van der Waals surface area contributed by atoms with E-state index in [2.05, 4.69) is 65.0 Å². The van der Waals surface area contributed by atoms with Crippen molar-refractivity contribution in [3.05, 3.63) is 52.8 Å². The van der Waals surface area contributed by atoms with Gasteiger partial charge in [0.25, 0.3) is 0 Å². The van der Waals surface area contributed by atoms with E-state index in [1.807, 2.05) is 6.92 Å². The van der Waals surface area contributed by atoms with Gasteiger partial charge in [-0.3, -0.25) is 0 Å². The fourth-order valence-electron chi connectivity index (χ4n) is 2.88. The smallest absolute Gasteiger partial charge is 0.204 e. The molecule has 0 aromatic heterocycles. The standard InChI is InChI=1S/C20H27NO/c1-14(2)9-8-12-20(6)13-17(5)22-19(20)21-18-15(3)10-7-11-16(18)4/h7,9-11,13H,8,12H2,1-6H3. The number of ether oxygens (including phenoxy) is 1. The maximum absolute atomic E-state index is 5.94. The number of aryl methyl sites for hydroxylation is 2. The number of rotatable bonds is 4. The Balaban J connectivity index is 2.33. The van der Waals surface area contributed by atoms with Crippen molar-refractivity contribution in [1.82, 2.24) is 0 Å². The van der Waals surface area contributed by atoms with E-state index in [1.165, 1.54) is 16.7 Å². The molecule has 0 radical (unpaired) electrons. The molecule has 0 N–H and O–H groups in total. The molecule has 0 saturated carbocycles. The van der Waals surface area contributed by atoms with Gasteiger partial charge in [0, 0.05) is 0 Å². The van der Waals surface area contributed by atoms with E-state index in [4.69, 9.17) is 9.73 Å². The van der Waals surface area contributed by atoms with E-state index in [0.29, 0.717) is 0 Å². The molecule has 22 heavy (non-hydrogen) atoms. The molecule has 1 aromatic carbocycles. The molecule has 1 aliphatic rings. The van der Waals surface area contributed by atoms with Crippen molar-refractivity contribution < 1.29 is 4.74 Å². The minimum Gasteiger partial charge on any atom is -0.447 e. The topological polar surface area (TPSA) is 21.6 Å². The summed E-state index contributed by atoms with van der Waals surface area (Å²) in [6.07, 6.45) is 6.54. The van der Waals surface area contributed by atoms with E-state index >= 15 is 0 Å². The van der Waals surface area contributed by atoms with Crippen molar-refractivity contribution in [2.75, 3.05) is 0 Å². The Kier molecular flexibility index (Phi) is 4.90. The van der Waals surface area contributed by atoms with Crippen LogP contribution in [0, 0.1) is 19.3 Å². The monoisotopic (exact) mass is 297 g/mol. The second-order valence-corrected chi connectivity index (χ2v) is 6.75. The van der Waals surface area contributed by atoms with Crippen LogP contribution in [0.15, 0.2) is 46.7 Å². The fourth-order valence-corrected chi connectivity index (χ4v) is 2.88. The molecule has 2 rings (SSSR count). The highest BCUT2D eigenvalue weighted by atomic mass is 16.5. The first-order valence-corrected chi connectivity index (χ1v) is 7.98. The quantitative estimate of drug-likeness (QED) is 0.623.